The molecule has 15 heavy (non-hydrogen) atoms. The number of pyridine rings is 1. The quantitative estimate of drug-likeness (QED) is 0.835. The lowest BCUT2D eigenvalue weighted by molar-refractivity contribution is 0.271. The first-order valence-electron chi connectivity index (χ1n) is 5.04. The average Bonchev–Trinajstić information content (AvgIpc) is 2.74. The standard InChI is InChI=1S/C11H14N2OS/c1-2-8(7-14)13-11-9-4-6-15-10(9)3-5-12-11/h3-6,8,14H,2,7H2,1H3,(H,12,13). The fourth-order valence-corrected chi connectivity index (χ4v) is 2.26. The maximum absolute atomic E-state index is 9.12. The molecule has 2 rings (SSSR count). The lowest BCUT2D eigenvalue weighted by Crippen LogP contribution is -2.23. The number of aliphatic hydroxyl groups excluding tert-OH is 1. The number of rotatable bonds is 4. The van der Waals surface area contributed by atoms with Gasteiger partial charge in [0.05, 0.1) is 12.6 Å². The summed E-state index contributed by atoms with van der Waals surface area (Å²) in [4.78, 5) is 4.30. The van der Waals surface area contributed by atoms with Crippen LogP contribution in [0.1, 0.15) is 13.3 Å². The van der Waals surface area contributed by atoms with Gasteiger partial charge in [-0.05, 0) is 23.9 Å². The molecule has 0 aliphatic rings. The lowest BCUT2D eigenvalue weighted by atomic mass is 10.2. The molecule has 0 fully saturated rings. The SMILES string of the molecule is CCC(CO)Nc1nccc2sccc12. The van der Waals surface area contributed by atoms with Gasteiger partial charge in [0.25, 0.3) is 0 Å². The van der Waals surface area contributed by atoms with Crippen LogP contribution in [0, 0.1) is 0 Å². The van der Waals surface area contributed by atoms with Crippen molar-refractivity contribution in [2.24, 2.45) is 0 Å². The molecule has 3 nitrogen and oxygen atoms in total. The molecule has 0 aliphatic carbocycles. The maximum atomic E-state index is 9.12. The summed E-state index contributed by atoms with van der Waals surface area (Å²) in [6.07, 6.45) is 2.68. The maximum Gasteiger partial charge on any atom is 0.134 e. The van der Waals surface area contributed by atoms with Crippen molar-refractivity contribution in [1.29, 1.82) is 0 Å². The Morgan fingerprint density at radius 1 is 1.53 bits per heavy atom. The number of thiophene rings is 1. The van der Waals surface area contributed by atoms with Gasteiger partial charge in [-0.1, -0.05) is 6.92 Å². The Morgan fingerprint density at radius 2 is 2.40 bits per heavy atom. The van der Waals surface area contributed by atoms with Crippen LogP contribution >= 0.6 is 11.3 Å². The van der Waals surface area contributed by atoms with Crippen molar-refractivity contribution in [2.45, 2.75) is 19.4 Å². The second-order valence-electron chi connectivity index (χ2n) is 3.42. The summed E-state index contributed by atoms with van der Waals surface area (Å²) in [6, 6.07) is 4.15. The third-order valence-electron chi connectivity index (χ3n) is 2.43. The molecule has 2 aromatic rings. The first-order valence-corrected chi connectivity index (χ1v) is 5.92. The molecule has 1 unspecified atom stereocenters. The normalized spacial score (nSPS) is 12.9. The Labute approximate surface area is 92.8 Å². The van der Waals surface area contributed by atoms with Gasteiger partial charge in [-0.15, -0.1) is 11.3 Å². The number of aromatic nitrogens is 1. The molecule has 0 aromatic carbocycles. The van der Waals surface area contributed by atoms with Crippen LogP contribution in [0.25, 0.3) is 10.1 Å². The van der Waals surface area contributed by atoms with E-state index in [-0.39, 0.29) is 12.6 Å². The Bertz CT molecular complexity index is 437. The van der Waals surface area contributed by atoms with E-state index in [1.54, 1.807) is 17.5 Å². The predicted molar refractivity (Wildman–Crippen MR) is 64.4 cm³/mol. The molecule has 80 valence electrons. The molecule has 0 bridgehead atoms. The van der Waals surface area contributed by atoms with E-state index in [1.165, 1.54) is 4.70 Å². The zero-order valence-corrected chi connectivity index (χ0v) is 9.42. The Kier molecular flexibility index (Phi) is 3.18. The van der Waals surface area contributed by atoms with Crippen molar-refractivity contribution in [3.63, 3.8) is 0 Å². The summed E-state index contributed by atoms with van der Waals surface area (Å²) in [5, 5.41) is 15.6. The minimum atomic E-state index is 0.0861. The van der Waals surface area contributed by atoms with E-state index in [0.29, 0.717) is 0 Å². The van der Waals surface area contributed by atoms with Crippen LogP contribution in [0.2, 0.25) is 0 Å². The van der Waals surface area contributed by atoms with Crippen molar-refractivity contribution in [1.82, 2.24) is 4.98 Å². The van der Waals surface area contributed by atoms with Gasteiger partial charge in [-0.2, -0.15) is 0 Å². The van der Waals surface area contributed by atoms with Crippen LogP contribution in [-0.2, 0) is 0 Å². The van der Waals surface area contributed by atoms with Gasteiger partial charge >= 0.3 is 0 Å². The largest absolute Gasteiger partial charge is 0.394 e. The predicted octanol–water partition coefficient (Wildman–Crippen LogP) is 2.48. The van der Waals surface area contributed by atoms with Crippen LogP contribution in [0.5, 0.6) is 0 Å². The molecule has 0 radical (unpaired) electrons. The Morgan fingerprint density at radius 3 is 3.13 bits per heavy atom. The number of nitrogens with zero attached hydrogens (tertiary/aromatic N) is 1. The van der Waals surface area contributed by atoms with Crippen molar-refractivity contribution < 1.29 is 5.11 Å². The van der Waals surface area contributed by atoms with E-state index < -0.39 is 0 Å². The monoisotopic (exact) mass is 222 g/mol. The molecule has 0 spiro atoms. The molecule has 1 atom stereocenters. The number of nitrogens with one attached hydrogen (secondary N) is 1. The summed E-state index contributed by atoms with van der Waals surface area (Å²) in [5.74, 6) is 0.870. The van der Waals surface area contributed by atoms with Gasteiger partial charge in [0.2, 0.25) is 0 Å². The minimum absolute atomic E-state index is 0.0861. The van der Waals surface area contributed by atoms with Crippen LogP contribution in [0.4, 0.5) is 5.82 Å². The number of hydrogen-bond acceptors (Lipinski definition) is 4. The number of anilines is 1. The van der Waals surface area contributed by atoms with Gasteiger partial charge in [0.15, 0.2) is 0 Å². The summed E-state index contributed by atoms with van der Waals surface area (Å²) in [7, 11) is 0. The highest BCUT2D eigenvalue weighted by Crippen LogP contribution is 2.26. The highest BCUT2D eigenvalue weighted by molar-refractivity contribution is 7.17. The minimum Gasteiger partial charge on any atom is -0.394 e. The molecule has 2 N–H and O–H groups in total. The van der Waals surface area contributed by atoms with Gasteiger partial charge in [-0.25, -0.2) is 4.98 Å². The van der Waals surface area contributed by atoms with Crippen LogP contribution < -0.4 is 5.32 Å². The molecular formula is C11H14N2OS. The second kappa shape index (κ2) is 4.59. The third kappa shape index (κ3) is 2.11. The average molecular weight is 222 g/mol. The molecule has 0 aliphatic heterocycles. The number of aliphatic hydroxyl groups is 1. The van der Waals surface area contributed by atoms with E-state index in [9.17, 15) is 0 Å². The van der Waals surface area contributed by atoms with Gasteiger partial charge in [0, 0.05) is 16.3 Å². The molecule has 0 amide bonds. The molecule has 4 heteroatoms. The van der Waals surface area contributed by atoms with Gasteiger partial charge in [0.1, 0.15) is 5.82 Å². The zero-order valence-electron chi connectivity index (χ0n) is 8.60. The van der Waals surface area contributed by atoms with E-state index in [4.69, 9.17) is 5.11 Å². The van der Waals surface area contributed by atoms with E-state index >= 15 is 0 Å². The highest BCUT2D eigenvalue weighted by atomic mass is 32.1. The third-order valence-corrected chi connectivity index (χ3v) is 3.32. The van der Waals surface area contributed by atoms with E-state index in [2.05, 4.69) is 21.7 Å². The van der Waals surface area contributed by atoms with E-state index in [1.807, 2.05) is 13.0 Å². The zero-order chi connectivity index (χ0) is 10.7. The second-order valence-corrected chi connectivity index (χ2v) is 4.37. The lowest BCUT2D eigenvalue weighted by Gasteiger charge is -2.15. The van der Waals surface area contributed by atoms with Crippen LogP contribution in [0.3, 0.4) is 0 Å². The summed E-state index contributed by atoms with van der Waals surface area (Å²) in [6.45, 7) is 2.18. The van der Waals surface area contributed by atoms with Crippen molar-refractivity contribution in [3.8, 4) is 0 Å². The topological polar surface area (TPSA) is 45.1 Å². The van der Waals surface area contributed by atoms with Gasteiger partial charge in [-0.3, -0.25) is 0 Å². The number of fused-ring (bicyclic) bond motifs is 1. The molecular weight excluding hydrogens is 208 g/mol. The molecule has 2 aromatic heterocycles. The molecule has 0 saturated heterocycles. The van der Waals surface area contributed by atoms with Crippen molar-refractivity contribution >= 4 is 27.2 Å². The molecule has 2 heterocycles. The van der Waals surface area contributed by atoms with E-state index in [0.717, 1.165) is 17.6 Å². The fraction of sp³-hybridized carbons (Fsp3) is 0.364. The Hall–Kier alpha value is -1.13. The number of hydrogen-bond donors (Lipinski definition) is 2. The first-order chi connectivity index (χ1) is 7.35. The summed E-state index contributed by atoms with van der Waals surface area (Å²) < 4.78 is 1.22. The fourth-order valence-electron chi connectivity index (χ4n) is 1.48. The Balaban J connectivity index is 2.30. The summed E-state index contributed by atoms with van der Waals surface area (Å²) >= 11 is 1.70. The smallest absolute Gasteiger partial charge is 0.134 e. The first kappa shape index (κ1) is 10.4. The van der Waals surface area contributed by atoms with Gasteiger partial charge < -0.3 is 10.4 Å². The summed E-state index contributed by atoms with van der Waals surface area (Å²) in [5.41, 5.74) is 0. The molecule has 0 saturated carbocycles. The van der Waals surface area contributed by atoms with Crippen LogP contribution in [0.15, 0.2) is 23.7 Å². The van der Waals surface area contributed by atoms with Crippen molar-refractivity contribution in [3.05, 3.63) is 23.7 Å². The van der Waals surface area contributed by atoms with Crippen molar-refractivity contribution in [2.75, 3.05) is 11.9 Å². The van der Waals surface area contributed by atoms with Crippen LogP contribution in [-0.4, -0.2) is 22.7 Å². The highest BCUT2D eigenvalue weighted by Gasteiger charge is 2.08.